The number of sulfone groups is 1. The fourth-order valence-corrected chi connectivity index (χ4v) is 5.79. The van der Waals surface area contributed by atoms with Crippen molar-refractivity contribution in [3.8, 4) is 0 Å². The number of fused-ring (bicyclic) bond motifs is 1. The van der Waals surface area contributed by atoms with Crippen LogP contribution in [0.2, 0.25) is 0 Å². The van der Waals surface area contributed by atoms with Crippen LogP contribution in [-0.2, 0) is 16.4 Å². The Morgan fingerprint density at radius 2 is 1.79 bits per heavy atom. The van der Waals surface area contributed by atoms with E-state index < -0.39 is 9.84 Å². The van der Waals surface area contributed by atoms with Gasteiger partial charge in [-0.3, -0.25) is 14.3 Å². The fourth-order valence-electron chi connectivity index (χ4n) is 4.32. The minimum absolute atomic E-state index is 0.0770. The molecule has 1 aromatic heterocycles. The van der Waals surface area contributed by atoms with E-state index in [0.717, 1.165) is 25.9 Å². The van der Waals surface area contributed by atoms with Crippen LogP contribution in [0.3, 0.4) is 0 Å². The van der Waals surface area contributed by atoms with Gasteiger partial charge in [-0.15, -0.1) is 0 Å². The second-order valence-corrected chi connectivity index (χ2v) is 10.3. The number of nitrogens with one attached hydrogen (secondary N) is 1. The second-order valence-electron chi connectivity index (χ2n) is 8.03. The maximum atomic E-state index is 12.6. The van der Waals surface area contributed by atoms with Crippen LogP contribution in [-0.4, -0.2) is 90.1 Å². The van der Waals surface area contributed by atoms with Gasteiger partial charge in [0, 0.05) is 44.8 Å². The molecule has 4 heterocycles. The summed E-state index contributed by atoms with van der Waals surface area (Å²) >= 11 is 0. The average Bonchev–Trinajstić information content (AvgIpc) is 3.11. The first-order valence-corrected chi connectivity index (χ1v) is 11.7. The largest absolute Gasteiger partial charge is 0.348 e. The van der Waals surface area contributed by atoms with Crippen molar-refractivity contribution in [2.75, 3.05) is 38.2 Å². The van der Waals surface area contributed by atoms with E-state index >= 15 is 0 Å². The van der Waals surface area contributed by atoms with Gasteiger partial charge in [-0.2, -0.15) is 5.10 Å². The normalized spacial score (nSPS) is 24.2. The lowest BCUT2D eigenvalue weighted by Crippen LogP contribution is -2.49. The molecule has 154 valence electrons. The number of likely N-dealkylation sites (N-methyl/N-ethyl adjacent to an activating group) is 1. The first-order chi connectivity index (χ1) is 13.3. The van der Waals surface area contributed by atoms with Crippen molar-refractivity contribution in [3.05, 3.63) is 17.5 Å². The van der Waals surface area contributed by atoms with Crippen LogP contribution in [0.1, 0.15) is 46.7 Å². The number of carbonyl (C=O) groups is 2. The van der Waals surface area contributed by atoms with Crippen LogP contribution in [0, 0.1) is 0 Å². The second kappa shape index (κ2) is 7.47. The number of rotatable bonds is 3. The summed E-state index contributed by atoms with van der Waals surface area (Å²) in [6.45, 7) is 2.91. The van der Waals surface area contributed by atoms with Gasteiger partial charge in [0.15, 0.2) is 5.69 Å². The number of nitrogens with zero attached hydrogens (tertiary/aromatic N) is 4. The number of hydrogen-bond donors (Lipinski definition) is 1. The molecule has 0 atom stereocenters. The Morgan fingerprint density at radius 3 is 2.46 bits per heavy atom. The Bertz CT molecular complexity index is 859. The van der Waals surface area contributed by atoms with E-state index in [0.29, 0.717) is 43.4 Å². The van der Waals surface area contributed by atoms with Crippen LogP contribution in [0.5, 0.6) is 0 Å². The third kappa shape index (κ3) is 3.93. The molecule has 0 radical (unpaired) electrons. The summed E-state index contributed by atoms with van der Waals surface area (Å²) < 4.78 is 24.8. The van der Waals surface area contributed by atoms with E-state index in [9.17, 15) is 18.0 Å². The number of hydrogen-bond acceptors (Lipinski definition) is 6. The highest BCUT2D eigenvalue weighted by Gasteiger charge is 2.31. The number of piperidine rings is 1. The fraction of sp³-hybridized carbons (Fsp3) is 0.722. The summed E-state index contributed by atoms with van der Waals surface area (Å²) in [6, 6.07) is 1.99. The molecular formula is C18H27N5O4S. The third-order valence-corrected chi connectivity index (χ3v) is 7.85. The molecule has 1 N–H and O–H groups in total. The maximum Gasteiger partial charge on any atom is 0.272 e. The smallest absolute Gasteiger partial charge is 0.272 e. The van der Waals surface area contributed by atoms with Crippen molar-refractivity contribution in [2.24, 2.45) is 0 Å². The summed E-state index contributed by atoms with van der Waals surface area (Å²) in [5.74, 6) is 0.223. The summed E-state index contributed by atoms with van der Waals surface area (Å²) in [5.41, 5.74) is 0.750. The molecule has 28 heavy (non-hydrogen) atoms. The van der Waals surface area contributed by atoms with Crippen LogP contribution in [0.25, 0.3) is 0 Å². The third-order valence-electron chi connectivity index (χ3n) is 6.13. The quantitative estimate of drug-likeness (QED) is 0.738. The Morgan fingerprint density at radius 1 is 1.11 bits per heavy atom. The van der Waals surface area contributed by atoms with Gasteiger partial charge in [-0.25, -0.2) is 8.42 Å². The van der Waals surface area contributed by atoms with Crippen molar-refractivity contribution in [1.82, 2.24) is 24.9 Å². The predicted octanol–water partition coefficient (Wildman–Crippen LogP) is -0.260. The Balaban J connectivity index is 1.30. The molecule has 3 aliphatic heterocycles. The number of aromatic nitrogens is 2. The highest BCUT2D eigenvalue weighted by molar-refractivity contribution is 7.91. The van der Waals surface area contributed by atoms with E-state index in [1.54, 1.807) is 22.7 Å². The SMILES string of the molecule is CN1CCn2nc(C(=O)NC3CCN(C4CCS(=O)(=O)CC4)CC3)cc2C1=O. The lowest BCUT2D eigenvalue weighted by molar-refractivity contribution is 0.0741. The van der Waals surface area contributed by atoms with Crippen LogP contribution >= 0.6 is 0 Å². The Kier molecular flexibility index (Phi) is 5.17. The molecule has 0 saturated carbocycles. The molecule has 10 heteroatoms. The van der Waals surface area contributed by atoms with Crippen LogP contribution in [0.15, 0.2) is 6.07 Å². The first kappa shape index (κ1) is 19.4. The molecule has 2 saturated heterocycles. The average molecular weight is 410 g/mol. The zero-order chi connectivity index (χ0) is 19.9. The standard InChI is InChI=1S/C18H27N5O4S/c1-21-8-9-23-16(18(21)25)12-15(20-23)17(24)19-13-2-6-22(7-3-13)14-4-10-28(26,27)11-5-14/h12-14H,2-11H2,1H3,(H,19,24). The number of carbonyl (C=O) groups excluding carboxylic acids is 2. The molecule has 0 aromatic carbocycles. The molecule has 0 bridgehead atoms. The number of amides is 2. The van der Waals surface area contributed by atoms with E-state index in [4.69, 9.17) is 0 Å². The highest BCUT2D eigenvalue weighted by atomic mass is 32.2. The molecule has 0 aliphatic carbocycles. The summed E-state index contributed by atoms with van der Waals surface area (Å²) in [4.78, 5) is 28.7. The molecule has 0 spiro atoms. The van der Waals surface area contributed by atoms with Gasteiger partial charge in [-0.05, 0) is 25.7 Å². The van der Waals surface area contributed by atoms with E-state index in [-0.39, 0.29) is 29.4 Å². The van der Waals surface area contributed by atoms with Gasteiger partial charge in [0.1, 0.15) is 15.5 Å². The minimum Gasteiger partial charge on any atom is -0.348 e. The van der Waals surface area contributed by atoms with Crippen molar-refractivity contribution in [2.45, 2.75) is 44.3 Å². The topological polar surface area (TPSA) is 105 Å². The van der Waals surface area contributed by atoms with Gasteiger partial charge in [0.25, 0.3) is 11.8 Å². The summed E-state index contributed by atoms with van der Waals surface area (Å²) in [7, 11) is -1.10. The van der Waals surface area contributed by atoms with Crippen molar-refractivity contribution < 1.29 is 18.0 Å². The Labute approximate surface area is 165 Å². The van der Waals surface area contributed by atoms with Gasteiger partial charge < -0.3 is 15.1 Å². The lowest BCUT2D eigenvalue weighted by atomic mass is 10.0. The van der Waals surface area contributed by atoms with E-state index in [1.165, 1.54) is 0 Å². The van der Waals surface area contributed by atoms with Gasteiger partial charge in [0.2, 0.25) is 0 Å². The molecule has 0 unspecified atom stereocenters. The molecule has 4 rings (SSSR count). The molecule has 1 aromatic rings. The summed E-state index contributed by atoms with van der Waals surface area (Å²) in [5, 5.41) is 7.34. The van der Waals surface area contributed by atoms with Crippen LogP contribution < -0.4 is 5.32 Å². The molecule has 9 nitrogen and oxygen atoms in total. The van der Waals surface area contributed by atoms with Gasteiger partial charge in [-0.1, -0.05) is 0 Å². The van der Waals surface area contributed by atoms with E-state index in [1.807, 2.05) is 0 Å². The molecule has 2 fully saturated rings. The van der Waals surface area contributed by atoms with Crippen molar-refractivity contribution >= 4 is 21.7 Å². The highest BCUT2D eigenvalue weighted by Crippen LogP contribution is 2.22. The molecule has 2 amide bonds. The zero-order valence-corrected chi connectivity index (χ0v) is 16.9. The number of likely N-dealkylation sites (tertiary alicyclic amines) is 1. The van der Waals surface area contributed by atoms with Crippen molar-refractivity contribution in [3.63, 3.8) is 0 Å². The Hall–Kier alpha value is -1.94. The monoisotopic (exact) mass is 409 g/mol. The maximum absolute atomic E-state index is 12.6. The summed E-state index contributed by atoms with van der Waals surface area (Å²) in [6.07, 6.45) is 3.10. The van der Waals surface area contributed by atoms with Crippen molar-refractivity contribution in [1.29, 1.82) is 0 Å². The zero-order valence-electron chi connectivity index (χ0n) is 16.1. The van der Waals surface area contributed by atoms with Crippen LogP contribution in [0.4, 0.5) is 0 Å². The van der Waals surface area contributed by atoms with E-state index in [2.05, 4.69) is 15.3 Å². The lowest BCUT2D eigenvalue weighted by Gasteiger charge is -2.39. The minimum atomic E-state index is -2.84. The van der Waals surface area contributed by atoms with Gasteiger partial charge >= 0.3 is 0 Å². The van der Waals surface area contributed by atoms with Gasteiger partial charge in [0.05, 0.1) is 18.1 Å². The molecule has 3 aliphatic rings. The first-order valence-electron chi connectivity index (χ1n) is 9.91. The predicted molar refractivity (Wildman–Crippen MR) is 103 cm³/mol. The molecular weight excluding hydrogens is 382 g/mol.